The van der Waals surface area contributed by atoms with Crippen molar-refractivity contribution in [1.82, 2.24) is 25.2 Å². The smallest absolute Gasteiger partial charge is 0.223 e. The van der Waals surface area contributed by atoms with Gasteiger partial charge in [-0.3, -0.25) is 9.59 Å². The van der Waals surface area contributed by atoms with Gasteiger partial charge in [-0.05, 0) is 19.3 Å². The first kappa shape index (κ1) is 18.4. The summed E-state index contributed by atoms with van der Waals surface area (Å²) in [6.07, 6.45) is 10.2. The van der Waals surface area contributed by atoms with E-state index in [1.54, 1.807) is 6.20 Å². The minimum Gasteiger partial charge on any atom is -0.370 e. The molecule has 8 nitrogen and oxygen atoms in total. The number of hydrogen-bond donors (Lipinski definition) is 1. The monoisotopic (exact) mass is 375 g/mol. The number of piperidine rings is 1. The Morgan fingerprint density at radius 3 is 2.78 bits per heavy atom. The highest BCUT2D eigenvalue weighted by atomic mass is 16.5. The second kappa shape index (κ2) is 8.37. The Hall–Kier alpha value is -1.96. The molecule has 8 heteroatoms. The van der Waals surface area contributed by atoms with E-state index in [0.717, 1.165) is 25.0 Å². The van der Waals surface area contributed by atoms with Crippen molar-refractivity contribution in [2.24, 2.45) is 0 Å². The van der Waals surface area contributed by atoms with E-state index in [2.05, 4.69) is 15.6 Å². The van der Waals surface area contributed by atoms with Crippen molar-refractivity contribution in [3.8, 4) is 0 Å². The number of rotatable bonds is 4. The lowest BCUT2D eigenvalue weighted by Crippen LogP contribution is -2.50. The molecule has 1 aromatic rings. The van der Waals surface area contributed by atoms with Gasteiger partial charge in [-0.25, -0.2) is 4.68 Å². The van der Waals surface area contributed by atoms with Crippen molar-refractivity contribution in [3.63, 3.8) is 0 Å². The lowest BCUT2D eigenvalue weighted by Gasteiger charge is -2.41. The van der Waals surface area contributed by atoms with Crippen molar-refractivity contribution >= 4 is 11.8 Å². The van der Waals surface area contributed by atoms with E-state index in [-0.39, 0.29) is 42.8 Å². The SMILES string of the molecule is O=C(CCC(=O)N1CC[C@H]2OCc3cnnn3[C@@H]2C1)NC1CCCCCC1. The second-order valence-corrected chi connectivity index (χ2v) is 7.97. The molecule has 1 N–H and O–H groups in total. The van der Waals surface area contributed by atoms with E-state index in [4.69, 9.17) is 4.74 Å². The van der Waals surface area contributed by atoms with E-state index in [0.29, 0.717) is 19.7 Å². The molecule has 2 atom stereocenters. The normalized spacial score (nSPS) is 26.0. The summed E-state index contributed by atoms with van der Waals surface area (Å²) in [5, 5.41) is 11.2. The largest absolute Gasteiger partial charge is 0.370 e. The van der Waals surface area contributed by atoms with Crippen LogP contribution < -0.4 is 5.32 Å². The molecule has 148 valence electrons. The summed E-state index contributed by atoms with van der Waals surface area (Å²) in [5.74, 6) is 0.0430. The van der Waals surface area contributed by atoms with Gasteiger partial charge in [0, 0.05) is 32.0 Å². The van der Waals surface area contributed by atoms with E-state index < -0.39 is 0 Å². The highest BCUT2D eigenvalue weighted by molar-refractivity contribution is 5.84. The van der Waals surface area contributed by atoms with E-state index >= 15 is 0 Å². The fourth-order valence-electron chi connectivity index (χ4n) is 4.51. The number of fused-ring (bicyclic) bond motifs is 3. The number of aromatic nitrogens is 3. The Morgan fingerprint density at radius 2 is 1.96 bits per heavy atom. The molecule has 0 bridgehead atoms. The first-order valence-electron chi connectivity index (χ1n) is 10.3. The molecule has 0 spiro atoms. The second-order valence-electron chi connectivity index (χ2n) is 7.97. The molecule has 1 saturated carbocycles. The lowest BCUT2D eigenvalue weighted by atomic mass is 10.00. The zero-order valence-corrected chi connectivity index (χ0v) is 15.8. The number of hydrogen-bond acceptors (Lipinski definition) is 5. The molecular weight excluding hydrogens is 346 g/mol. The Labute approximate surface area is 159 Å². The molecule has 1 aliphatic carbocycles. The van der Waals surface area contributed by atoms with Crippen LogP contribution in [0.4, 0.5) is 0 Å². The highest BCUT2D eigenvalue weighted by Crippen LogP contribution is 2.30. The van der Waals surface area contributed by atoms with Crippen LogP contribution in [0, 0.1) is 0 Å². The van der Waals surface area contributed by atoms with E-state index in [1.165, 1.54) is 25.7 Å². The third-order valence-electron chi connectivity index (χ3n) is 6.07. The van der Waals surface area contributed by atoms with Gasteiger partial charge in [-0.1, -0.05) is 30.9 Å². The van der Waals surface area contributed by atoms with Crippen LogP contribution in [0.1, 0.15) is 69.5 Å². The predicted molar refractivity (Wildman–Crippen MR) is 97.7 cm³/mol. The molecule has 2 fully saturated rings. The maximum absolute atomic E-state index is 12.6. The number of amides is 2. The molecule has 2 aliphatic heterocycles. The molecule has 0 unspecified atom stereocenters. The highest BCUT2D eigenvalue weighted by Gasteiger charge is 2.37. The first-order chi connectivity index (χ1) is 13.2. The maximum Gasteiger partial charge on any atom is 0.223 e. The molecule has 4 rings (SSSR count). The van der Waals surface area contributed by atoms with Crippen LogP contribution in [0.2, 0.25) is 0 Å². The van der Waals surface area contributed by atoms with Crippen molar-refractivity contribution in [2.75, 3.05) is 13.1 Å². The van der Waals surface area contributed by atoms with Crippen molar-refractivity contribution < 1.29 is 14.3 Å². The average molecular weight is 375 g/mol. The van der Waals surface area contributed by atoms with Gasteiger partial charge in [0.05, 0.1) is 30.6 Å². The number of carbonyl (C=O) groups is 2. The van der Waals surface area contributed by atoms with E-state index in [1.807, 2.05) is 9.58 Å². The molecule has 3 heterocycles. The summed E-state index contributed by atoms with van der Waals surface area (Å²) in [6, 6.07) is 0.310. The zero-order valence-electron chi connectivity index (χ0n) is 15.8. The third kappa shape index (κ3) is 4.31. The van der Waals surface area contributed by atoms with Gasteiger partial charge in [0.15, 0.2) is 0 Å². The van der Waals surface area contributed by atoms with Gasteiger partial charge < -0.3 is 15.0 Å². The number of ether oxygens (including phenoxy) is 1. The lowest BCUT2D eigenvalue weighted by molar-refractivity contribution is -0.139. The molecule has 27 heavy (non-hydrogen) atoms. The van der Waals surface area contributed by atoms with Gasteiger partial charge in [0.2, 0.25) is 11.8 Å². The summed E-state index contributed by atoms with van der Waals surface area (Å²) in [7, 11) is 0. The van der Waals surface area contributed by atoms with Crippen LogP contribution in [0.25, 0.3) is 0 Å². The number of nitrogens with zero attached hydrogens (tertiary/aromatic N) is 4. The minimum absolute atomic E-state index is 0.00435. The fourth-order valence-corrected chi connectivity index (χ4v) is 4.51. The summed E-state index contributed by atoms with van der Waals surface area (Å²) in [4.78, 5) is 26.7. The Balaban J connectivity index is 1.26. The van der Waals surface area contributed by atoms with Crippen LogP contribution in [0.15, 0.2) is 6.20 Å². The van der Waals surface area contributed by atoms with Gasteiger partial charge >= 0.3 is 0 Å². The summed E-state index contributed by atoms with van der Waals surface area (Å²) in [5.41, 5.74) is 0.952. The quantitative estimate of drug-likeness (QED) is 0.807. The fraction of sp³-hybridized carbons (Fsp3) is 0.789. The summed E-state index contributed by atoms with van der Waals surface area (Å²) < 4.78 is 7.78. The standard InChI is InChI=1S/C19H29N5O3/c25-18(21-14-5-3-1-2-4-6-14)7-8-19(26)23-10-9-17-16(12-23)24-15(13-27-17)11-20-22-24/h11,14,16-17H,1-10,12-13H2,(H,21,25)/t16-,17-/m1/s1. The number of nitrogens with one attached hydrogen (secondary N) is 1. The molecule has 0 aromatic carbocycles. The van der Waals surface area contributed by atoms with Crippen LogP contribution in [0.3, 0.4) is 0 Å². The van der Waals surface area contributed by atoms with Crippen LogP contribution in [0.5, 0.6) is 0 Å². The molecular formula is C19H29N5O3. The van der Waals surface area contributed by atoms with Crippen LogP contribution in [-0.2, 0) is 20.9 Å². The summed E-state index contributed by atoms with van der Waals surface area (Å²) >= 11 is 0. The third-order valence-corrected chi connectivity index (χ3v) is 6.07. The molecule has 1 aromatic heterocycles. The topological polar surface area (TPSA) is 89.3 Å². The number of carbonyl (C=O) groups excluding carboxylic acids is 2. The van der Waals surface area contributed by atoms with Crippen molar-refractivity contribution in [2.45, 2.75) is 82.6 Å². The van der Waals surface area contributed by atoms with Crippen molar-refractivity contribution in [3.05, 3.63) is 11.9 Å². The summed E-state index contributed by atoms with van der Waals surface area (Å²) in [6.45, 7) is 1.78. The maximum atomic E-state index is 12.6. The molecule has 0 radical (unpaired) electrons. The predicted octanol–water partition coefficient (Wildman–Crippen LogP) is 1.57. The van der Waals surface area contributed by atoms with Crippen molar-refractivity contribution in [1.29, 1.82) is 0 Å². The minimum atomic E-state index is 0.00435. The van der Waals surface area contributed by atoms with Gasteiger partial charge in [-0.15, -0.1) is 5.10 Å². The average Bonchev–Trinajstić information content (AvgIpc) is 3.03. The Kier molecular flexibility index (Phi) is 5.71. The molecule has 3 aliphatic rings. The molecule has 1 saturated heterocycles. The Morgan fingerprint density at radius 1 is 1.15 bits per heavy atom. The Bertz CT molecular complexity index is 668. The van der Waals surface area contributed by atoms with Crippen LogP contribution >= 0.6 is 0 Å². The first-order valence-corrected chi connectivity index (χ1v) is 10.3. The van der Waals surface area contributed by atoms with Gasteiger partial charge in [0.25, 0.3) is 0 Å². The molecule has 2 amide bonds. The number of likely N-dealkylation sites (tertiary alicyclic amines) is 1. The zero-order chi connectivity index (χ0) is 18.6. The van der Waals surface area contributed by atoms with E-state index in [9.17, 15) is 9.59 Å². The van der Waals surface area contributed by atoms with Crippen LogP contribution in [-0.4, -0.2) is 56.9 Å². The van der Waals surface area contributed by atoms with Gasteiger partial charge in [-0.2, -0.15) is 0 Å². The van der Waals surface area contributed by atoms with Gasteiger partial charge in [0.1, 0.15) is 0 Å².